The summed E-state index contributed by atoms with van der Waals surface area (Å²) >= 11 is 0. The van der Waals surface area contributed by atoms with Crippen molar-refractivity contribution >= 4 is 22.8 Å². The van der Waals surface area contributed by atoms with Gasteiger partial charge in [0.2, 0.25) is 0 Å². The van der Waals surface area contributed by atoms with Gasteiger partial charge in [-0.3, -0.25) is 4.79 Å². The Morgan fingerprint density at radius 3 is 2.80 bits per heavy atom. The largest absolute Gasteiger partial charge is 0.480 e. The molecule has 1 aromatic carbocycles. The fourth-order valence-corrected chi connectivity index (χ4v) is 2.78. The van der Waals surface area contributed by atoms with Gasteiger partial charge in [-0.05, 0) is 25.8 Å². The molecule has 1 aliphatic rings. The van der Waals surface area contributed by atoms with E-state index in [1.54, 1.807) is 6.07 Å². The highest BCUT2D eigenvalue weighted by atomic mass is 16.4. The quantitative estimate of drug-likeness (QED) is 0.912. The van der Waals surface area contributed by atoms with Crippen LogP contribution in [0.3, 0.4) is 0 Å². The second-order valence-corrected chi connectivity index (χ2v) is 5.05. The van der Waals surface area contributed by atoms with Crippen LogP contribution >= 0.6 is 0 Å². The van der Waals surface area contributed by atoms with Crippen LogP contribution in [0.4, 0.5) is 0 Å². The van der Waals surface area contributed by atoms with Crippen LogP contribution in [0.5, 0.6) is 0 Å². The summed E-state index contributed by atoms with van der Waals surface area (Å²) in [5.74, 6) is -1.03. The second-order valence-electron chi connectivity index (χ2n) is 5.05. The number of carbonyl (C=O) groups excluding carboxylic acids is 1. The molecule has 5 heteroatoms. The van der Waals surface area contributed by atoms with Crippen LogP contribution in [-0.2, 0) is 4.79 Å². The predicted molar refractivity (Wildman–Crippen MR) is 72.6 cm³/mol. The zero-order valence-electron chi connectivity index (χ0n) is 11.1. The molecule has 1 unspecified atom stereocenters. The molecule has 104 valence electrons. The van der Waals surface area contributed by atoms with Gasteiger partial charge in [0.15, 0.2) is 5.76 Å². The van der Waals surface area contributed by atoms with Gasteiger partial charge in [0.05, 0.1) is 0 Å². The van der Waals surface area contributed by atoms with Crippen molar-refractivity contribution in [3.8, 4) is 0 Å². The van der Waals surface area contributed by atoms with Crippen molar-refractivity contribution in [1.29, 1.82) is 0 Å². The molecule has 0 radical (unpaired) electrons. The molecule has 1 saturated heterocycles. The van der Waals surface area contributed by atoms with Crippen LogP contribution in [0.2, 0.25) is 0 Å². The maximum Gasteiger partial charge on any atom is 0.326 e. The van der Waals surface area contributed by atoms with Crippen LogP contribution in [0, 0.1) is 6.92 Å². The zero-order valence-corrected chi connectivity index (χ0v) is 11.1. The van der Waals surface area contributed by atoms with E-state index in [2.05, 4.69) is 0 Å². The Balaban J connectivity index is 2.00. The van der Waals surface area contributed by atoms with Crippen molar-refractivity contribution in [2.75, 3.05) is 6.54 Å². The lowest BCUT2D eigenvalue weighted by molar-refractivity contribution is -0.141. The molecule has 1 fully saturated rings. The van der Waals surface area contributed by atoms with Gasteiger partial charge in [-0.2, -0.15) is 0 Å². The van der Waals surface area contributed by atoms with E-state index in [1.807, 2.05) is 25.1 Å². The Morgan fingerprint density at radius 1 is 1.35 bits per heavy atom. The molecule has 0 spiro atoms. The van der Waals surface area contributed by atoms with Gasteiger partial charge >= 0.3 is 5.97 Å². The smallest absolute Gasteiger partial charge is 0.326 e. The summed E-state index contributed by atoms with van der Waals surface area (Å²) in [5, 5.41) is 10.1. The van der Waals surface area contributed by atoms with Crippen LogP contribution in [0.25, 0.3) is 11.0 Å². The van der Waals surface area contributed by atoms with Crippen molar-refractivity contribution in [1.82, 2.24) is 4.90 Å². The highest BCUT2D eigenvalue weighted by Crippen LogP contribution is 2.28. The van der Waals surface area contributed by atoms with E-state index >= 15 is 0 Å². The number of nitrogens with zero attached hydrogens (tertiary/aromatic N) is 1. The van der Waals surface area contributed by atoms with E-state index in [0.717, 1.165) is 10.9 Å². The van der Waals surface area contributed by atoms with Gasteiger partial charge in [-0.15, -0.1) is 0 Å². The van der Waals surface area contributed by atoms with Crippen LogP contribution in [-0.4, -0.2) is 34.5 Å². The number of rotatable bonds is 2. The molecule has 1 N–H and O–H groups in total. The summed E-state index contributed by atoms with van der Waals surface area (Å²) in [6, 6.07) is 6.68. The monoisotopic (exact) mass is 273 g/mol. The van der Waals surface area contributed by atoms with Crippen molar-refractivity contribution < 1.29 is 19.1 Å². The zero-order chi connectivity index (χ0) is 14.3. The van der Waals surface area contributed by atoms with Gasteiger partial charge in [0.1, 0.15) is 11.6 Å². The molecule has 0 bridgehead atoms. The standard InChI is InChI=1S/C15H15NO4/c1-9-10-5-2-3-7-12(10)20-13(9)14(17)16-8-4-6-11(16)15(18)19/h2-3,5,7,11H,4,6,8H2,1H3,(H,18,19). The molecule has 1 atom stereocenters. The molecule has 1 amide bonds. The van der Waals surface area contributed by atoms with Crippen molar-refractivity contribution in [2.45, 2.75) is 25.8 Å². The highest BCUT2D eigenvalue weighted by Gasteiger charge is 2.36. The van der Waals surface area contributed by atoms with Crippen molar-refractivity contribution in [3.05, 3.63) is 35.6 Å². The number of para-hydroxylation sites is 1. The molecular formula is C15H15NO4. The maximum absolute atomic E-state index is 12.5. The average Bonchev–Trinajstić information content (AvgIpc) is 3.04. The first-order chi connectivity index (χ1) is 9.59. The molecule has 1 aliphatic heterocycles. The van der Waals surface area contributed by atoms with Crippen molar-refractivity contribution in [2.24, 2.45) is 0 Å². The molecule has 5 nitrogen and oxygen atoms in total. The summed E-state index contributed by atoms with van der Waals surface area (Å²) in [7, 11) is 0. The third-order valence-corrected chi connectivity index (χ3v) is 3.84. The van der Waals surface area contributed by atoms with Crippen molar-refractivity contribution in [3.63, 3.8) is 0 Å². The van der Waals surface area contributed by atoms with E-state index in [1.165, 1.54) is 4.90 Å². The molecule has 0 saturated carbocycles. The SMILES string of the molecule is Cc1c(C(=O)N2CCCC2C(=O)O)oc2ccccc12. The minimum Gasteiger partial charge on any atom is -0.480 e. The van der Waals surface area contributed by atoms with E-state index in [9.17, 15) is 9.59 Å². The molecular weight excluding hydrogens is 258 g/mol. The number of benzene rings is 1. The summed E-state index contributed by atoms with van der Waals surface area (Å²) < 4.78 is 5.62. The molecule has 3 rings (SSSR count). The van der Waals surface area contributed by atoms with E-state index in [0.29, 0.717) is 25.0 Å². The van der Waals surface area contributed by atoms with E-state index in [-0.39, 0.29) is 11.7 Å². The fraction of sp³-hybridized carbons (Fsp3) is 0.333. The fourth-order valence-electron chi connectivity index (χ4n) is 2.78. The van der Waals surface area contributed by atoms with Crippen LogP contribution < -0.4 is 0 Å². The topological polar surface area (TPSA) is 70.8 Å². The summed E-state index contributed by atoms with van der Waals surface area (Å²) in [4.78, 5) is 25.1. The number of aryl methyl sites for hydroxylation is 1. The van der Waals surface area contributed by atoms with E-state index < -0.39 is 12.0 Å². The number of aliphatic carboxylic acids is 1. The number of furan rings is 1. The normalized spacial score (nSPS) is 18.6. The van der Waals surface area contributed by atoms with Gasteiger partial charge in [0.25, 0.3) is 5.91 Å². The first-order valence-electron chi connectivity index (χ1n) is 6.61. The molecule has 0 aliphatic carbocycles. The lowest BCUT2D eigenvalue weighted by Gasteiger charge is -2.20. The Labute approximate surface area is 115 Å². The van der Waals surface area contributed by atoms with E-state index in [4.69, 9.17) is 9.52 Å². The molecule has 20 heavy (non-hydrogen) atoms. The van der Waals surface area contributed by atoms with Gasteiger partial charge in [-0.25, -0.2) is 4.79 Å². The number of carboxylic acids is 1. The Hall–Kier alpha value is -2.30. The third kappa shape index (κ3) is 1.86. The number of hydrogen-bond donors (Lipinski definition) is 1. The summed E-state index contributed by atoms with van der Waals surface area (Å²) in [6.45, 7) is 2.29. The first-order valence-corrected chi connectivity index (χ1v) is 6.61. The molecule has 1 aromatic heterocycles. The maximum atomic E-state index is 12.5. The summed E-state index contributed by atoms with van der Waals surface area (Å²) in [6.07, 6.45) is 1.21. The predicted octanol–water partition coefficient (Wildman–Crippen LogP) is 2.43. The number of likely N-dealkylation sites (tertiary alicyclic amines) is 1. The first kappa shape index (κ1) is 12.7. The number of carbonyl (C=O) groups is 2. The third-order valence-electron chi connectivity index (χ3n) is 3.84. The average molecular weight is 273 g/mol. The number of carboxylic acid groups (broad SMARTS) is 1. The second kappa shape index (κ2) is 4.67. The molecule has 2 aromatic rings. The Bertz CT molecular complexity index is 688. The minimum atomic E-state index is -0.954. The number of amides is 1. The Kier molecular flexibility index (Phi) is 2.97. The van der Waals surface area contributed by atoms with Gasteiger partial charge in [-0.1, -0.05) is 18.2 Å². The lowest BCUT2D eigenvalue weighted by Crippen LogP contribution is -2.40. The van der Waals surface area contributed by atoms with Crippen LogP contribution in [0.15, 0.2) is 28.7 Å². The van der Waals surface area contributed by atoms with Gasteiger partial charge < -0.3 is 14.4 Å². The molecule has 2 heterocycles. The summed E-state index contributed by atoms with van der Waals surface area (Å²) in [5.41, 5.74) is 1.42. The number of hydrogen-bond acceptors (Lipinski definition) is 3. The number of fused-ring (bicyclic) bond motifs is 1. The lowest BCUT2D eigenvalue weighted by atomic mass is 10.1. The van der Waals surface area contributed by atoms with Crippen LogP contribution in [0.1, 0.15) is 29.0 Å². The highest BCUT2D eigenvalue weighted by molar-refractivity contribution is 6.00. The minimum absolute atomic E-state index is 0.249. The Morgan fingerprint density at radius 2 is 2.10 bits per heavy atom. The van der Waals surface area contributed by atoms with Gasteiger partial charge in [0, 0.05) is 17.5 Å².